The van der Waals surface area contributed by atoms with Crippen molar-refractivity contribution < 1.29 is 14.3 Å². The van der Waals surface area contributed by atoms with Crippen LogP contribution in [0.25, 0.3) is 0 Å². The highest BCUT2D eigenvalue weighted by Gasteiger charge is 2.28. The molecule has 0 radical (unpaired) electrons. The van der Waals surface area contributed by atoms with Crippen molar-refractivity contribution in [1.82, 2.24) is 10.6 Å². The van der Waals surface area contributed by atoms with Crippen LogP contribution in [0.15, 0.2) is 0 Å². The average Bonchev–Trinajstić information content (AvgIpc) is 2.47. The van der Waals surface area contributed by atoms with E-state index in [0.29, 0.717) is 0 Å². The molecular formula is C8H15FN2O2. The van der Waals surface area contributed by atoms with Crippen LogP contribution < -0.4 is 10.6 Å². The quantitative estimate of drug-likeness (QED) is 0.545. The molecule has 3 atom stereocenters. The molecule has 0 aromatic carbocycles. The van der Waals surface area contributed by atoms with Crippen LogP contribution in [0.3, 0.4) is 0 Å². The van der Waals surface area contributed by atoms with Gasteiger partial charge in [0, 0.05) is 19.5 Å². The summed E-state index contributed by atoms with van der Waals surface area (Å²) in [6, 6.07) is -0.436. The van der Waals surface area contributed by atoms with Crippen molar-refractivity contribution in [3.63, 3.8) is 0 Å². The average molecular weight is 190 g/mol. The van der Waals surface area contributed by atoms with E-state index in [1.165, 1.54) is 0 Å². The second kappa shape index (κ2) is 4.53. The van der Waals surface area contributed by atoms with Crippen LogP contribution in [0.2, 0.25) is 0 Å². The molecule has 4 nitrogen and oxygen atoms in total. The van der Waals surface area contributed by atoms with Crippen molar-refractivity contribution in [3.8, 4) is 0 Å². The lowest BCUT2D eigenvalue weighted by atomic mass is 10.2. The van der Waals surface area contributed by atoms with Crippen LogP contribution in [0.1, 0.15) is 13.3 Å². The van der Waals surface area contributed by atoms with Crippen LogP contribution in [0, 0.1) is 0 Å². The minimum Gasteiger partial charge on any atom is -0.392 e. The third-order valence-corrected chi connectivity index (χ3v) is 1.97. The lowest BCUT2D eigenvalue weighted by Crippen LogP contribution is -2.42. The maximum absolute atomic E-state index is 12.6. The van der Waals surface area contributed by atoms with E-state index in [9.17, 15) is 9.18 Å². The number of aliphatic hydroxyl groups excluding tert-OH is 1. The first kappa shape index (κ1) is 10.4. The molecule has 1 amide bonds. The van der Waals surface area contributed by atoms with Crippen molar-refractivity contribution >= 4 is 5.91 Å². The summed E-state index contributed by atoms with van der Waals surface area (Å²) in [5.41, 5.74) is 0. The van der Waals surface area contributed by atoms with Crippen molar-refractivity contribution in [2.24, 2.45) is 0 Å². The summed E-state index contributed by atoms with van der Waals surface area (Å²) in [6.45, 7) is 2.04. The van der Waals surface area contributed by atoms with Gasteiger partial charge in [-0.2, -0.15) is 0 Å². The van der Waals surface area contributed by atoms with Crippen molar-refractivity contribution in [2.75, 3.05) is 13.1 Å². The Balaban J connectivity index is 2.24. The van der Waals surface area contributed by atoms with Gasteiger partial charge in [0.15, 0.2) is 0 Å². The molecule has 0 saturated carbocycles. The van der Waals surface area contributed by atoms with E-state index in [4.69, 9.17) is 5.11 Å². The van der Waals surface area contributed by atoms with Crippen LogP contribution in [-0.2, 0) is 4.79 Å². The molecule has 1 aliphatic heterocycles. The largest absolute Gasteiger partial charge is 0.392 e. The van der Waals surface area contributed by atoms with Gasteiger partial charge in [0.05, 0.1) is 12.1 Å². The smallest absolute Gasteiger partial charge is 0.237 e. The highest BCUT2D eigenvalue weighted by molar-refractivity contribution is 5.82. The Morgan fingerprint density at radius 2 is 2.54 bits per heavy atom. The number of halogens is 1. The first-order valence-corrected chi connectivity index (χ1v) is 4.43. The summed E-state index contributed by atoms with van der Waals surface area (Å²) >= 11 is 0. The van der Waals surface area contributed by atoms with E-state index in [1.807, 2.05) is 0 Å². The van der Waals surface area contributed by atoms with Crippen LogP contribution in [-0.4, -0.2) is 42.4 Å². The molecule has 3 N–H and O–H groups in total. The number of alkyl halides is 1. The Morgan fingerprint density at radius 1 is 1.85 bits per heavy atom. The summed E-state index contributed by atoms with van der Waals surface area (Å²) in [5.74, 6) is -0.235. The normalized spacial score (nSPS) is 30.1. The summed E-state index contributed by atoms with van der Waals surface area (Å²) < 4.78 is 12.6. The number of rotatable bonds is 3. The number of nitrogens with one attached hydrogen (secondary N) is 2. The third kappa shape index (κ3) is 3.28. The van der Waals surface area contributed by atoms with Gasteiger partial charge in [0.2, 0.25) is 5.91 Å². The van der Waals surface area contributed by atoms with E-state index in [2.05, 4.69) is 10.6 Å². The highest BCUT2D eigenvalue weighted by Crippen LogP contribution is 2.09. The molecule has 1 heterocycles. The van der Waals surface area contributed by atoms with Gasteiger partial charge in [-0.15, -0.1) is 0 Å². The van der Waals surface area contributed by atoms with Gasteiger partial charge in [-0.25, -0.2) is 4.39 Å². The molecule has 0 bridgehead atoms. The zero-order valence-corrected chi connectivity index (χ0v) is 7.59. The molecule has 0 aromatic rings. The lowest BCUT2D eigenvalue weighted by Gasteiger charge is -2.11. The number of amides is 1. The predicted octanol–water partition coefficient (Wildman–Crippen LogP) is -0.817. The van der Waals surface area contributed by atoms with Crippen LogP contribution in [0.5, 0.6) is 0 Å². The van der Waals surface area contributed by atoms with Gasteiger partial charge < -0.3 is 15.7 Å². The molecule has 0 aromatic heterocycles. The molecule has 0 unspecified atom stereocenters. The second-order valence-electron chi connectivity index (χ2n) is 3.39. The number of aliphatic hydroxyl groups is 1. The molecule has 1 saturated heterocycles. The van der Waals surface area contributed by atoms with Gasteiger partial charge in [0.1, 0.15) is 6.17 Å². The number of hydrogen-bond donors (Lipinski definition) is 3. The highest BCUT2D eigenvalue weighted by atomic mass is 19.1. The number of carbonyl (C=O) groups excluding carboxylic acids is 1. The fourth-order valence-electron chi connectivity index (χ4n) is 1.26. The number of hydrogen-bond acceptors (Lipinski definition) is 3. The van der Waals surface area contributed by atoms with E-state index in [-0.39, 0.29) is 25.4 Å². The summed E-state index contributed by atoms with van der Waals surface area (Å²) in [5, 5.41) is 14.2. The zero-order chi connectivity index (χ0) is 9.84. The first-order valence-electron chi connectivity index (χ1n) is 4.43. The van der Waals surface area contributed by atoms with Gasteiger partial charge in [-0.1, -0.05) is 0 Å². The van der Waals surface area contributed by atoms with Gasteiger partial charge in [-0.3, -0.25) is 4.79 Å². The topological polar surface area (TPSA) is 61.4 Å². The Kier molecular flexibility index (Phi) is 3.62. The summed E-state index contributed by atoms with van der Waals surface area (Å²) in [4.78, 5) is 11.2. The third-order valence-electron chi connectivity index (χ3n) is 1.97. The summed E-state index contributed by atoms with van der Waals surface area (Å²) in [7, 11) is 0. The lowest BCUT2D eigenvalue weighted by molar-refractivity contribution is -0.123. The Hall–Kier alpha value is -0.680. The Morgan fingerprint density at radius 3 is 3.00 bits per heavy atom. The van der Waals surface area contributed by atoms with Gasteiger partial charge in [0.25, 0.3) is 0 Å². The zero-order valence-electron chi connectivity index (χ0n) is 7.59. The van der Waals surface area contributed by atoms with E-state index in [0.717, 1.165) is 0 Å². The fraction of sp³-hybridized carbons (Fsp3) is 0.875. The van der Waals surface area contributed by atoms with E-state index < -0.39 is 18.3 Å². The van der Waals surface area contributed by atoms with Crippen molar-refractivity contribution in [2.45, 2.75) is 31.7 Å². The fourth-order valence-corrected chi connectivity index (χ4v) is 1.26. The van der Waals surface area contributed by atoms with E-state index in [1.54, 1.807) is 6.92 Å². The van der Waals surface area contributed by atoms with E-state index >= 15 is 0 Å². The van der Waals surface area contributed by atoms with Gasteiger partial charge in [-0.05, 0) is 6.92 Å². The predicted molar refractivity (Wildman–Crippen MR) is 46.0 cm³/mol. The standard InChI is InChI=1S/C8H15FN2O2/c1-5(12)3-11-8(13)7-2-6(9)4-10-7/h5-7,10,12H,2-4H2,1H3,(H,11,13)/t5-,6+,7-/m1/s1. The maximum Gasteiger partial charge on any atom is 0.237 e. The Bertz CT molecular complexity index is 187. The van der Waals surface area contributed by atoms with Crippen LogP contribution in [0.4, 0.5) is 4.39 Å². The maximum atomic E-state index is 12.6. The summed E-state index contributed by atoms with van der Waals surface area (Å²) in [6.07, 6.45) is -1.26. The first-order chi connectivity index (χ1) is 6.09. The number of carbonyl (C=O) groups is 1. The van der Waals surface area contributed by atoms with Gasteiger partial charge >= 0.3 is 0 Å². The monoisotopic (exact) mass is 190 g/mol. The molecule has 0 spiro atoms. The molecule has 0 aliphatic carbocycles. The molecule has 76 valence electrons. The Labute approximate surface area is 76.5 Å². The molecule has 1 aliphatic rings. The molecule has 1 rings (SSSR count). The minimum absolute atomic E-state index is 0.216. The second-order valence-corrected chi connectivity index (χ2v) is 3.39. The molecule has 13 heavy (non-hydrogen) atoms. The molecule has 1 fully saturated rings. The molecule has 5 heteroatoms. The SMILES string of the molecule is C[C@@H](O)CNC(=O)[C@H]1C[C@H](F)CN1. The van der Waals surface area contributed by atoms with Crippen molar-refractivity contribution in [3.05, 3.63) is 0 Å². The molecular weight excluding hydrogens is 175 g/mol. The van der Waals surface area contributed by atoms with Crippen LogP contribution >= 0.6 is 0 Å². The van der Waals surface area contributed by atoms with Crippen molar-refractivity contribution in [1.29, 1.82) is 0 Å². The minimum atomic E-state index is -0.928.